The maximum Gasteiger partial charge on any atom is 0.258 e. The van der Waals surface area contributed by atoms with E-state index < -0.39 is 0 Å². The summed E-state index contributed by atoms with van der Waals surface area (Å²) in [6, 6.07) is 8.46. The van der Waals surface area contributed by atoms with E-state index in [-0.39, 0.29) is 18.5 Å². The zero-order valence-electron chi connectivity index (χ0n) is 11.7. The van der Waals surface area contributed by atoms with Gasteiger partial charge in [0.25, 0.3) is 5.88 Å². The van der Waals surface area contributed by atoms with Gasteiger partial charge in [-0.1, -0.05) is 12.1 Å². The Morgan fingerprint density at radius 2 is 1.86 bits per heavy atom. The summed E-state index contributed by atoms with van der Waals surface area (Å²) in [6.45, 7) is 1.90. The molecule has 2 heterocycles. The van der Waals surface area contributed by atoms with Gasteiger partial charge < -0.3 is 15.4 Å². The van der Waals surface area contributed by atoms with Gasteiger partial charge in [-0.2, -0.15) is 0 Å². The highest BCUT2D eigenvalue weighted by Crippen LogP contribution is 2.30. The lowest BCUT2D eigenvalue weighted by atomic mass is 10.3. The Labute approximate surface area is 129 Å². The number of aromatic nitrogens is 2. The topological polar surface area (TPSA) is 59.1 Å². The monoisotopic (exact) mass is 306 g/mol. The first kappa shape index (κ1) is 14.4. The van der Waals surface area contributed by atoms with Gasteiger partial charge in [-0.25, -0.2) is 9.97 Å². The van der Waals surface area contributed by atoms with Crippen molar-refractivity contribution in [3.05, 3.63) is 24.3 Å². The molecule has 0 unspecified atom stereocenters. The van der Waals surface area contributed by atoms with Crippen LogP contribution in [0.25, 0.3) is 11.0 Å². The molecular weight excluding hydrogens is 288 g/mol. The number of para-hydroxylation sites is 2. The first-order valence-corrected chi connectivity index (χ1v) is 7.29. The second-order valence-corrected chi connectivity index (χ2v) is 5.52. The van der Waals surface area contributed by atoms with E-state index in [1.807, 2.05) is 24.3 Å². The summed E-state index contributed by atoms with van der Waals surface area (Å²) in [5.41, 5.74) is 1.79. The van der Waals surface area contributed by atoms with Crippen molar-refractivity contribution in [1.29, 1.82) is 0 Å². The third-order valence-corrected chi connectivity index (χ3v) is 3.75. The van der Waals surface area contributed by atoms with Crippen LogP contribution in [0.4, 0.5) is 5.82 Å². The molecule has 0 spiro atoms. The molecule has 0 bridgehead atoms. The predicted octanol–water partition coefficient (Wildman–Crippen LogP) is 2.37. The van der Waals surface area contributed by atoms with Crippen molar-refractivity contribution in [2.24, 2.45) is 0 Å². The molecule has 1 aliphatic carbocycles. The molecule has 1 saturated carbocycles. The number of rotatable bonds is 4. The Hall–Kier alpha value is -1.59. The normalized spacial score (nSPS) is 21.0. The average Bonchev–Trinajstić information content (AvgIpc) is 3.13. The number of hydrogen-bond donors (Lipinski definition) is 2. The number of nitrogens with zero attached hydrogens (tertiary/aromatic N) is 2. The van der Waals surface area contributed by atoms with Crippen LogP contribution >= 0.6 is 12.4 Å². The highest BCUT2D eigenvalue weighted by molar-refractivity contribution is 5.85. The number of ether oxygens (including phenoxy) is 1. The van der Waals surface area contributed by atoms with Crippen LogP contribution in [-0.2, 0) is 0 Å². The lowest BCUT2D eigenvalue weighted by Crippen LogP contribution is -2.21. The number of halogens is 1. The molecule has 2 aliphatic rings. The summed E-state index contributed by atoms with van der Waals surface area (Å²) >= 11 is 0. The van der Waals surface area contributed by atoms with Crippen LogP contribution in [-0.4, -0.2) is 35.2 Å². The molecule has 4 rings (SSSR count). The number of benzene rings is 1. The summed E-state index contributed by atoms with van der Waals surface area (Å²) in [6.07, 6.45) is 3.64. The second-order valence-electron chi connectivity index (χ2n) is 5.52. The third-order valence-electron chi connectivity index (χ3n) is 3.75. The van der Waals surface area contributed by atoms with Gasteiger partial charge in [0.1, 0.15) is 6.10 Å². The van der Waals surface area contributed by atoms with E-state index in [1.165, 1.54) is 12.8 Å². The van der Waals surface area contributed by atoms with Crippen LogP contribution in [0.5, 0.6) is 5.88 Å². The summed E-state index contributed by atoms with van der Waals surface area (Å²) in [4.78, 5) is 9.32. The lowest BCUT2D eigenvalue weighted by molar-refractivity contribution is 0.215. The molecule has 1 aliphatic heterocycles. The quantitative estimate of drug-likeness (QED) is 0.908. The molecule has 1 aromatic heterocycles. The predicted molar refractivity (Wildman–Crippen MR) is 85.3 cm³/mol. The van der Waals surface area contributed by atoms with Gasteiger partial charge in [0.2, 0.25) is 0 Å². The number of nitrogens with one attached hydrogen (secondary N) is 2. The highest BCUT2D eigenvalue weighted by Gasteiger charge is 2.25. The van der Waals surface area contributed by atoms with Crippen molar-refractivity contribution in [2.75, 3.05) is 18.4 Å². The van der Waals surface area contributed by atoms with Crippen LogP contribution in [0, 0.1) is 0 Å². The van der Waals surface area contributed by atoms with Gasteiger partial charge in [0.15, 0.2) is 5.82 Å². The summed E-state index contributed by atoms with van der Waals surface area (Å²) in [7, 11) is 0. The maximum atomic E-state index is 6.04. The SMILES string of the molecule is Cl.c1ccc2nc(O[C@H]3CCNC3)c(NC3CC3)nc2c1. The smallest absolute Gasteiger partial charge is 0.258 e. The molecule has 5 nitrogen and oxygen atoms in total. The molecule has 2 fully saturated rings. The van der Waals surface area contributed by atoms with Crippen LogP contribution < -0.4 is 15.4 Å². The standard InChI is InChI=1S/C15H18N4O.ClH/c1-2-4-13-12(3-1)18-14(17-10-5-6-10)15(19-13)20-11-7-8-16-9-11;/h1-4,10-11,16H,5-9H2,(H,17,18);1H/t11-;/m0./s1. The summed E-state index contributed by atoms with van der Waals surface area (Å²) < 4.78 is 6.04. The first-order valence-electron chi connectivity index (χ1n) is 7.29. The molecule has 2 N–H and O–H groups in total. The van der Waals surface area contributed by atoms with Gasteiger partial charge in [0.05, 0.1) is 11.0 Å². The van der Waals surface area contributed by atoms with E-state index >= 15 is 0 Å². The zero-order valence-corrected chi connectivity index (χ0v) is 12.5. The summed E-state index contributed by atoms with van der Waals surface area (Å²) in [5, 5.41) is 6.74. The van der Waals surface area contributed by atoms with Crippen molar-refractivity contribution >= 4 is 29.3 Å². The minimum absolute atomic E-state index is 0. The Kier molecular flexibility index (Phi) is 4.12. The van der Waals surface area contributed by atoms with Crippen molar-refractivity contribution in [3.8, 4) is 5.88 Å². The third kappa shape index (κ3) is 3.19. The highest BCUT2D eigenvalue weighted by atomic mass is 35.5. The van der Waals surface area contributed by atoms with Crippen LogP contribution in [0.2, 0.25) is 0 Å². The van der Waals surface area contributed by atoms with Gasteiger partial charge in [-0.05, 0) is 37.9 Å². The van der Waals surface area contributed by atoms with E-state index in [1.54, 1.807) is 0 Å². The molecule has 1 aromatic carbocycles. The molecule has 6 heteroatoms. The fourth-order valence-electron chi connectivity index (χ4n) is 2.47. The zero-order chi connectivity index (χ0) is 13.4. The first-order chi connectivity index (χ1) is 9.88. The van der Waals surface area contributed by atoms with E-state index in [0.29, 0.717) is 11.9 Å². The van der Waals surface area contributed by atoms with Crippen molar-refractivity contribution in [3.63, 3.8) is 0 Å². The number of fused-ring (bicyclic) bond motifs is 1. The Morgan fingerprint density at radius 1 is 1.10 bits per heavy atom. The fraction of sp³-hybridized carbons (Fsp3) is 0.467. The van der Waals surface area contributed by atoms with Crippen molar-refractivity contribution in [1.82, 2.24) is 15.3 Å². The van der Waals surface area contributed by atoms with Gasteiger partial charge in [-0.15, -0.1) is 12.4 Å². The molecule has 0 amide bonds. The van der Waals surface area contributed by atoms with E-state index in [9.17, 15) is 0 Å². The van der Waals surface area contributed by atoms with Crippen LogP contribution in [0.1, 0.15) is 19.3 Å². The lowest BCUT2D eigenvalue weighted by Gasteiger charge is -2.15. The van der Waals surface area contributed by atoms with Gasteiger partial charge >= 0.3 is 0 Å². The molecule has 21 heavy (non-hydrogen) atoms. The second kappa shape index (κ2) is 6.03. The van der Waals surface area contributed by atoms with E-state index in [4.69, 9.17) is 4.74 Å². The molecule has 1 atom stereocenters. The van der Waals surface area contributed by atoms with E-state index in [0.717, 1.165) is 36.4 Å². The van der Waals surface area contributed by atoms with Crippen molar-refractivity contribution < 1.29 is 4.74 Å². The van der Waals surface area contributed by atoms with Crippen molar-refractivity contribution in [2.45, 2.75) is 31.4 Å². The van der Waals surface area contributed by atoms with Crippen LogP contribution in [0.3, 0.4) is 0 Å². The fourth-order valence-corrected chi connectivity index (χ4v) is 2.47. The minimum Gasteiger partial charge on any atom is -0.470 e. The Balaban J connectivity index is 0.00000132. The summed E-state index contributed by atoms with van der Waals surface area (Å²) in [5.74, 6) is 1.43. The molecule has 112 valence electrons. The molecule has 1 saturated heterocycles. The van der Waals surface area contributed by atoms with Crippen LogP contribution in [0.15, 0.2) is 24.3 Å². The molecular formula is C15H19ClN4O. The average molecular weight is 307 g/mol. The largest absolute Gasteiger partial charge is 0.470 e. The van der Waals surface area contributed by atoms with E-state index in [2.05, 4.69) is 20.6 Å². The number of anilines is 1. The minimum atomic E-state index is 0. The Bertz CT molecular complexity index is 626. The van der Waals surface area contributed by atoms with Gasteiger partial charge in [-0.3, -0.25) is 0 Å². The molecule has 2 aromatic rings. The molecule has 0 radical (unpaired) electrons. The van der Waals surface area contributed by atoms with Gasteiger partial charge in [0, 0.05) is 12.6 Å². The Morgan fingerprint density at radius 3 is 2.52 bits per heavy atom. The maximum absolute atomic E-state index is 6.04. The number of hydrogen-bond acceptors (Lipinski definition) is 5.